The van der Waals surface area contributed by atoms with Gasteiger partial charge in [-0.15, -0.1) is 0 Å². The Hall–Kier alpha value is -2.60. The third kappa shape index (κ3) is 2.75. The number of halogens is 2. The number of anilines is 2. The molecule has 2 aliphatic rings. The van der Waals surface area contributed by atoms with Crippen molar-refractivity contribution in [3.05, 3.63) is 30.4 Å². The average Bonchev–Trinajstić information content (AvgIpc) is 3.43. The van der Waals surface area contributed by atoms with Gasteiger partial charge in [0.15, 0.2) is 16.6 Å². The Labute approximate surface area is 154 Å². The van der Waals surface area contributed by atoms with Crippen LogP contribution in [0.5, 0.6) is 0 Å². The molecule has 0 saturated carbocycles. The highest BCUT2D eigenvalue weighted by molar-refractivity contribution is 7.86. The molecule has 0 amide bonds. The Kier molecular flexibility index (Phi) is 3.82. The second-order valence-electron chi connectivity index (χ2n) is 6.43. The van der Waals surface area contributed by atoms with Crippen LogP contribution in [0.1, 0.15) is 18.5 Å². The maximum absolute atomic E-state index is 13.0. The Balaban J connectivity index is 1.45. The molecule has 2 unspecified atom stereocenters. The van der Waals surface area contributed by atoms with E-state index < -0.39 is 23.1 Å². The fourth-order valence-electron chi connectivity index (χ4n) is 3.51. The van der Waals surface area contributed by atoms with E-state index in [0.29, 0.717) is 23.2 Å². The summed E-state index contributed by atoms with van der Waals surface area (Å²) in [6.45, 7) is 1.44. The average molecular weight is 395 g/mol. The van der Waals surface area contributed by atoms with Crippen molar-refractivity contribution < 1.29 is 17.7 Å². The molecular weight excluding hydrogens is 380 g/mol. The second kappa shape index (κ2) is 6.23. The van der Waals surface area contributed by atoms with Crippen LogP contribution in [0.2, 0.25) is 0 Å². The van der Waals surface area contributed by atoms with Crippen molar-refractivity contribution >= 4 is 28.1 Å². The number of rotatable bonds is 5. The summed E-state index contributed by atoms with van der Waals surface area (Å²) in [4.78, 5) is 7.09. The minimum absolute atomic E-state index is 0.0205. The van der Waals surface area contributed by atoms with Crippen molar-refractivity contribution in [2.75, 3.05) is 22.8 Å². The van der Waals surface area contributed by atoms with Crippen LogP contribution in [0.15, 0.2) is 29.6 Å². The van der Waals surface area contributed by atoms with E-state index in [0.717, 1.165) is 18.8 Å². The van der Waals surface area contributed by atoms with Gasteiger partial charge < -0.3 is 9.64 Å². The number of morpholine rings is 1. The van der Waals surface area contributed by atoms with E-state index in [1.165, 1.54) is 16.9 Å². The van der Waals surface area contributed by atoms with Crippen molar-refractivity contribution in [1.29, 1.82) is 0 Å². The standard InChI is InChI=1S/C15H15F2N7O2S/c16-14(17)13-10(4-18-21-13)22-27(25)11-5-19-24-2-1-12(20-15(11)24)23-6-9-3-8(23)7-26-9/h1-2,4-5,8-9,14,22H,3,6-7H2,(H,18,21)/t8-,9?,27?/m1/s1. The zero-order valence-corrected chi connectivity index (χ0v) is 14.7. The van der Waals surface area contributed by atoms with Gasteiger partial charge in [-0.05, 0) is 12.5 Å². The molecule has 27 heavy (non-hydrogen) atoms. The van der Waals surface area contributed by atoms with Crippen LogP contribution in [-0.4, -0.2) is 54.3 Å². The number of hydrogen-bond donors (Lipinski definition) is 2. The number of nitrogens with zero attached hydrogens (tertiary/aromatic N) is 5. The Bertz CT molecular complexity index is 1020. The maximum atomic E-state index is 13.0. The number of H-pyrrole nitrogens is 1. The first kappa shape index (κ1) is 16.6. The van der Waals surface area contributed by atoms with Gasteiger partial charge in [-0.3, -0.25) is 9.82 Å². The first-order valence-corrected chi connectivity index (χ1v) is 9.47. The summed E-state index contributed by atoms with van der Waals surface area (Å²) in [5, 5.41) is 9.92. The summed E-state index contributed by atoms with van der Waals surface area (Å²) in [5.74, 6) is 0.758. The smallest absolute Gasteiger partial charge is 0.281 e. The number of aromatic nitrogens is 5. The minimum atomic E-state index is -2.76. The molecule has 2 bridgehead atoms. The first-order valence-electron chi connectivity index (χ1n) is 8.32. The highest BCUT2D eigenvalue weighted by atomic mass is 32.2. The van der Waals surface area contributed by atoms with Crippen LogP contribution < -0.4 is 9.62 Å². The van der Waals surface area contributed by atoms with Crippen LogP contribution >= 0.6 is 0 Å². The van der Waals surface area contributed by atoms with Crippen molar-refractivity contribution in [2.45, 2.75) is 29.9 Å². The highest BCUT2D eigenvalue weighted by Gasteiger charge is 2.39. The summed E-state index contributed by atoms with van der Waals surface area (Å²) in [6.07, 6.45) is 2.77. The van der Waals surface area contributed by atoms with Crippen LogP contribution in [0, 0.1) is 0 Å². The molecule has 0 aliphatic carbocycles. The Morgan fingerprint density at radius 1 is 1.41 bits per heavy atom. The van der Waals surface area contributed by atoms with E-state index in [1.54, 1.807) is 6.20 Å². The van der Waals surface area contributed by atoms with Gasteiger partial charge in [0.2, 0.25) is 0 Å². The van der Waals surface area contributed by atoms with Crippen LogP contribution in [0.25, 0.3) is 5.65 Å². The molecule has 3 aromatic rings. The fraction of sp³-hybridized carbons (Fsp3) is 0.400. The lowest BCUT2D eigenvalue weighted by Crippen LogP contribution is -2.37. The summed E-state index contributed by atoms with van der Waals surface area (Å²) >= 11 is 0. The van der Waals surface area contributed by atoms with Crippen molar-refractivity contribution in [3.63, 3.8) is 0 Å². The Morgan fingerprint density at radius 2 is 2.30 bits per heavy atom. The molecule has 0 spiro atoms. The van der Waals surface area contributed by atoms with Crippen molar-refractivity contribution in [3.8, 4) is 0 Å². The molecule has 3 aromatic heterocycles. The van der Waals surface area contributed by atoms with Gasteiger partial charge in [-0.25, -0.2) is 22.5 Å². The lowest BCUT2D eigenvalue weighted by atomic mass is 10.2. The summed E-state index contributed by atoms with van der Waals surface area (Å²) in [5.41, 5.74) is -0.0291. The van der Waals surface area contributed by atoms with Crippen molar-refractivity contribution in [2.24, 2.45) is 0 Å². The number of aromatic amines is 1. The van der Waals surface area contributed by atoms with Crippen molar-refractivity contribution in [1.82, 2.24) is 24.8 Å². The van der Waals surface area contributed by atoms with E-state index in [2.05, 4.69) is 29.9 Å². The predicted molar refractivity (Wildman–Crippen MR) is 92.1 cm³/mol. The molecule has 2 saturated heterocycles. The Morgan fingerprint density at radius 3 is 3.04 bits per heavy atom. The van der Waals surface area contributed by atoms with Gasteiger partial charge in [0, 0.05) is 12.7 Å². The van der Waals surface area contributed by atoms with Gasteiger partial charge in [-0.1, -0.05) is 0 Å². The molecule has 5 heterocycles. The van der Waals surface area contributed by atoms with Gasteiger partial charge in [-0.2, -0.15) is 10.2 Å². The molecule has 0 radical (unpaired) electrons. The zero-order chi connectivity index (χ0) is 18.5. The van der Waals surface area contributed by atoms with E-state index in [4.69, 9.17) is 4.74 Å². The van der Waals surface area contributed by atoms with E-state index >= 15 is 0 Å². The van der Waals surface area contributed by atoms with Crippen LogP contribution in [0.4, 0.5) is 20.3 Å². The summed E-state index contributed by atoms with van der Waals surface area (Å²) in [7, 11) is -1.83. The first-order chi connectivity index (χ1) is 13.1. The summed E-state index contributed by atoms with van der Waals surface area (Å²) < 4.78 is 48.3. The third-order valence-electron chi connectivity index (χ3n) is 4.81. The van der Waals surface area contributed by atoms with E-state index in [9.17, 15) is 13.0 Å². The molecule has 2 fully saturated rings. The molecule has 9 nitrogen and oxygen atoms in total. The third-order valence-corrected chi connectivity index (χ3v) is 5.90. The van der Waals surface area contributed by atoms with Gasteiger partial charge >= 0.3 is 0 Å². The number of alkyl halides is 2. The molecule has 2 aliphatic heterocycles. The largest absolute Gasteiger partial charge is 0.374 e. The molecule has 0 aromatic carbocycles. The number of fused-ring (bicyclic) bond motifs is 3. The summed E-state index contributed by atoms with van der Waals surface area (Å²) in [6, 6.07) is 2.14. The number of hydrogen-bond acceptors (Lipinski definition) is 6. The minimum Gasteiger partial charge on any atom is -0.374 e. The number of ether oxygens (including phenoxy) is 1. The van der Waals surface area contributed by atoms with Crippen LogP contribution in [0.3, 0.4) is 0 Å². The van der Waals surface area contributed by atoms with E-state index in [1.807, 2.05) is 6.07 Å². The lowest BCUT2D eigenvalue weighted by molar-refractivity contribution is 0.0989. The zero-order valence-electron chi connectivity index (χ0n) is 13.9. The second-order valence-corrected chi connectivity index (χ2v) is 7.61. The quantitative estimate of drug-likeness (QED) is 0.679. The maximum Gasteiger partial charge on any atom is 0.281 e. The SMILES string of the molecule is O=S(Nc1cn[nH]c1C(F)F)c1cnn2ccc(N3CC4C[C@@H]3CO4)nc12. The van der Waals surface area contributed by atoms with Gasteiger partial charge in [0.25, 0.3) is 6.43 Å². The van der Waals surface area contributed by atoms with Gasteiger partial charge in [0.05, 0.1) is 36.8 Å². The lowest BCUT2D eigenvalue weighted by Gasteiger charge is -2.27. The highest BCUT2D eigenvalue weighted by Crippen LogP contribution is 2.32. The van der Waals surface area contributed by atoms with E-state index in [-0.39, 0.29) is 11.8 Å². The molecule has 5 rings (SSSR count). The molecule has 2 N–H and O–H groups in total. The molecular formula is C15H15F2N7O2S. The number of nitrogens with one attached hydrogen (secondary N) is 2. The van der Waals surface area contributed by atoms with Gasteiger partial charge in [0.1, 0.15) is 16.4 Å². The molecule has 3 atom stereocenters. The van der Waals surface area contributed by atoms with Crippen LogP contribution in [-0.2, 0) is 15.7 Å². The normalized spacial score (nSPS) is 22.9. The monoisotopic (exact) mass is 395 g/mol. The molecule has 142 valence electrons. The predicted octanol–water partition coefficient (Wildman–Crippen LogP) is 1.50. The molecule has 12 heteroatoms. The fourth-order valence-corrected chi connectivity index (χ4v) is 4.43. The topological polar surface area (TPSA) is 100 Å².